The second-order valence-corrected chi connectivity index (χ2v) is 5.23. The van der Waals surface area contributed by atoms with Crippen molar-refractivity contribution < 1.29 is 18.0 Å². The summed E-state index contributed by atoms with van der Waals surface area (Å²) in [6.45, 7) is 1.89. The Kier molecular flexibility index (Phi) is 4.69. The summed E-state index contributed by atoms with van der Waals surface area (Å²) in [5.41, 5.74) is 0.640. The maximum Gasteiger partial charge on any atom is 0.270 e. The van der Waals surface area contributed by atoms with E-state index >= 15 is 0 Å². The molecule has 0 fully saturated rings. The van der Waals surface area contributed by atoms with Crippen molar-refractivity contribution in [3.05, 3.63) is 71.4 Å². The predicted molar refractivity (Wildman–Crippen MR) is 86.3 cm³/mol. The molecule has 0 aliphatic heterocycles. The van der Waals surface area contributed by atoms with Gasteiger partial charge in [0, 0.05) is 11.8 Å². The summed E-state index contributed by atoms with van der Waals surface area (Å²) < 4.78 is 31.8. The predicted octanol–water partition coefficient (Wildman–Crippen LogP) is 3.33. The Balaban J connectivity index is 1.76. The molecule has 0 aliphatic carbocycles. The third kappa shape index (κ3) is 4.17. The Morgan fingerprint density at radius 2 is 2.04 bits per heavy atom. The first-order chi connectivity index (χ1) is 12.0. The number of benzene rings is 1. The van der Waals surface area contributed by atoms with Crippen LogP contribution in [0.2, 0.25) is 0 Å². The van der Waals surface area contributed by atoms with Crippen molar-refractivity contribution in [1.82, 2.24) is 15.3 Å². The molecule has 0 bridgehead atoms. The molecule has 3 aromatic rings. The highest BCUT2D eigenvalue weighted by Gasteiger charge is 2.12. The average molecular weight is 344 g/mol. The van der Waals surface area contributed by atoms with E-state index in [4.69, 9.17) is 4.42 Å². The van der Waals surface area contributed by atoms with Gasteiger partial charge in [0.25, 0.3) is 5.91 Å². The number of hydrogen-bond acceptors (Lipinski definition) is 5. The van der Waals surface area contributed by atoms with Crippen LogP contribution >= 0.6 is 0 Å². The third-order valence-corrected chi connectivity index (χ3v) is 3.27. The zero-order valence-corrected chi connectivity index (χ0v) is 13.2. The zero-order chi connectivity index (χ0) is 17.8. The van der Waals surface area contributed by atoms with Crippen molar-refractivity contribution in [2.45, 2.75) is 13.5 Å². The highest BCUT2D eigenvalue weighted by Crippen LogP contribution is 2.19. The minimum absolute atomic E-state index is 0.00828. The smallest absolute Gasteiger partial charge is 0.270 e. The van der Waals surface area contributed by atoms with Crippen LogP contribution in [0.3, 0.4) is 0 Å². The monoisotopic (exact) mass is 344 g/mol. The summed E-state index contributed by atoms with van der Waals surface area (Å²) in [5.74, 6) is -1.26. The molecule has 0 aliphatic rings. The number of nitrogens with one attached hydrogen (secondary N) is 2. The largest absolute Gasteiger partial charge is 0.467 e. The number of hydrogen-bond donors (Lipinski definition) is 2. The number of carbonyl (C=O) groups is 1. The number of halogens is 2. The molecule has 0 unspecified atom stereocenters. The molecule has 2 aromatic heterocycles. The molecule has 0 saturated carbocycles. The van der Waals surface area contributed by atoms with Crippen LogP contribution in [0, 0.1) is 18.6 Å². The molecule has 2 N–H and O–H groups in total. The molecular formula is C17H14F2N4O2. The van der Waals surface area contributed by atoms with Gasteiger partial charge in [-0.1, -0.05) is 0 Å². The normalized spacial score (nSPS) is 10.5. The number of furan rings is 1. The van der Waals surface area contributed by atoms with Crippen molar-refractivity contribution >= 4 is 17.5 Å². The molecule has 0 atom stereocenters. The quantitative estimate of drug-likeness (QED) is 0.742. The Morgan fingerprint density at radius 3 is 2.76 bits per heavy atom. The van der Waals surface area contributed by atoms with Crippen molar-refractivity contribution in [3.63, 3.8) is 0 Å². The summed E-state index contributed by atoms with van der Waals surface area (Å²) >= 11 is 0. The molecule has 128 valence electrons. The summed E-state index contributed by atoms with van der Waals surface area (Å²) in [6.07, 6.45) is 1.51. The molecule has 6 nitrogen and oxygen atoms in total. The summed E-state index contributed by atoms with van der Waals surface area (Å²) in [7, 11) is 0. The van der Waals surface area contributed by atoms with Crippen molar-refractivity contribution in [1.29, 1.82) is 0 Å². The van der Waals surface area contributed by atoms with Crippen molar-refractivity contribution in [2.75, 3.05) is 5.32 Å². The average Bonchev–Trinajstić information content (AvgIpc) is 3.08. The summed E-state index contributed by atoms with van der Waals surface area (Å²) in [5, 5.41) is 5.31. The van der Waals surface area contributed by atoms with Gasteiger partial charge < -0.3 is 15.1 Å². The topological polar surface area (TPSA) is 80.0 Å². The summed E-state index contributed by atoms with van der Waals surface area (Å²) in [6, 6.07) is 8.04. The number of aryl methyl sites for hydroxylation is 1. The fraction of sp³-hybridized carbons (Fsp3) is 0.118. The van der Waals surface area contributed by atoms with Crippen LogP contribution in [-0.2, 0) is 6.54 Å². The second-order valence-electron chi connectivity index (χ2n) is 5.23. The van der Waals surface area contributed by atoms with E-state index in [1.54, 1.807) is 19.1 Å². The highest BCUT2D eigenvalue weighted by atomic mass is 19.1. The van der Waals surface area contributed by atoms with Crippen molar-refractivity contribution in [2.24, 2.45) is 0 Å². The summed E-state index contributed by atoms with van der Waals surface area (Å²) in [4.78, 5) is 20.4. The lowest BCUT2D eigenvalue weighted by Gasteiger charge is -2.09. The zero-order valence-electron chi connectivity index (χ0n) is 13.2. The van der Waals surface area contributed by atoms with Gasteiger partial charge in [0.2, 0.25) is 5.95 Å². The van der Waals surface area contributed by atoms with E-state index in [2.05, 4.69) is 20.6 Å². The maximum atomic E-state index is 13.7. The number of amides is 1. The number of rotatable bonds is 5. The molecular weight excluding hydrogens is 330 g/mol. The molecule has 2 heterocycles. The van der Waals surface area contributed by atoms with Crippen LogP contribution in [0.5, 0.6) is 0 Å². The van der Waals surface area contributed by atoms with E-state index in [9.17, 15) is 13.6 Å². The first-order valence-electron chi connectivity index (χ1n) is 7.39. The molecule has 0 radical (unpaired) electrons. The minimum Gasteiger partial charge on any atom is -0.467 e. The van der Waals surface area contributed by atoms with E-state index in [0.717, 1.165) is 12.1 Å². The van der Waals surface area contributed by atoms with Gasteiger partial charge in [-0.3, -0.25) is 4.79 Å². The Labute approximate surface area is 141 Å². The third-order valence-electron chi connectivity index (χ3n) is 3.27. The molecule has 0 spiro atoms. The van der Waals surface area contributed by atoms with E-state index in [0.29, 0.717) is 11.5 Å². The highest BCUT2D eigenvalue weighted by molar-refractivity contribution is 5.92. The number of carbonyl (C=O) groups excluding carboxylic acids is 1. The van der Waals surface area contributed by atoms with Crippen LogP contribution in [0.15, 0.2) is 47.1 Å². The standard InChI is InChI=1S/C17H14F2N4O2/c1-10-7-15(16(24)20-9-12-3-2-6-25-12)23-17(21-10)22-14-5-4-11(18)8-13(14)19/h2-8H,9H2,1H3,(H,20,24)(H,21,22,23). The van der Waals surface area contributed by atoms with E-state index in [1.165, 1.54) is 18.4 Å². The van der Waals surface area contributed by atoms with E-state index in [1.807, 2.05) is 0 Å². The van der Waals surface area contributed by atoms with Gasteiger partial charge in [-0.15, -0.1) is 0 Å². The first kappa shape index (κ1) is 16.6. The minimum atomic E-state index is -0.783. The Bertz CT molecular complexity index is 898. The van der Waals surface area contributed by atoms with Crippen LogP contribution in [-0.4, -0.2) is 15.9 Å². The van der Waals surface area contributed by atoms with Gasteiger partial charge in [-0.2, -0.15) is 0 Å². The lowest BCUT2D eigenvalue weighted by atomic mass is 10.3. The van der Waals surface area contributed by atoms with Crippen LogP contribution < -0.4 is 10.6 Å². The fourth-order valence-electron chi connectivity index (χ4n) is 2.12. The van der Waals surface area contributed by atoms with Crippen LogP contribution in [0.25, 0.3) is 0 Å². The molecule has 1 amide bonds. The molecule has 8 heteroatoms. The first-order valence-corrected chi connectivity index (χ1v) is 7.39. The van der Waals surface area contributed by atoms with Gasteiger partial charge in [0.05, 0.1) is 18.5 Å². The van der Waals surface area contributed by atoms with Gasteiger partial charge in [-0.25, -0.2) is 18.7 Å². The van der Waals surface area contributed by atoms with E-state index in [-0.39, 0.29) is 23.9 Å². The Hall–Kier alpha value is -3.29. The van der Waals surface area contributed by atoms with Crippen LogP contribution in [0.4, 0.5) is 20.4 Å². The number of nitrogens with zero attached hydrogens (tertiary/aromatic N) is 2. The van der Waals surface area contributed by atoms with Gasteiger partial charge in [0.1, 0.15) is 23.1 Å². The Morgan fingerprint density at radius 1 is 1.20 bits per heavy atom. The number of aromatic nitrogens is 2. The lowest BCUT2D eigenvalue weighted by Crippen LogP contribution is -2.24. The fourth-order valence-corrected chi connectivity index (χ4v) is 2.12. The van der Waals surface area contributed by atoms with E-state index < -0.39 is 17.5 Å². The lowest BCUT2D eigenvalue weighted by molar-refractivity contribution is 0.0943. The molecule has 3 rings (SSSR count). The number of anilines is 2. The van der Waals surface area contributed by atoms with Crippen molar-refractivity contribution in [3.8, 4) is 0 Å². The van der Waals surface area contributed by atoms with Crippen LogP contribution in [0.1, 0.15) is 21.9 Å². The molecule has 0 saturated heterocycles. The SMILES string of the molecule is Cc1cc(C(=O)NCc2ccco2)nc(Nc2ccc(F)cc2F)n1. The second kappa shape index (κ2) is 7.08. The van der Waals surface area contributed by atoms with Gasteiger partial charge >= 0.3 is 0 Å². The molecule has 25 heavy (non-hydrogen) atoms. The van der Waals surface area contributed by atoms with Gasteiger partial charge in [-0.05, 0) is 37.3 Å². The maximum absolute atomic E-state index is 13.7. The molecule has 1 aromatic carbocycles. The van der Waals surface area contributed by atoms with Gasteiger partial charge in [0.15, 0.2) is 0 Å².